The van der Waals surface area contributed by atoms with Gasteiger partial charge in [-0.3, -0.25) is 19.4 Å². The number of hydrogen-bond donors (Lipinski definition) is 2. The van der Waals surface area contributed by atoms with E-state index in [9.17, 15) is 23.2 Å². The number of nitrogens with zero attached hydrogens (tertiary/aromatic N) is 5. The van der Waals surface area contributed by atoms with Gasteiger partial charge < -0.3 is 34.5 Å². The smallest absolute Gasteiger partial charge is 0.291 e. The van der Waals surface area contributed by atoms with E-state index in [0.29, 0.717) is 56.0 Å². The Bertz CT molecular complexity index is 1710. The van der Waals surface area contributed by atoms with Crippen LogP contribution in [0.25, 0.3) is 11.3 Å². The van der Waals surface area contributed by atoms with Crippen LogP contribution in [0.15, 0.2) is 41.5 Å². The average molecular weight is 666 g/mol. The van der Waals surface area contributed by atoms with Crippen LogP contribution in [0.2, 0.25) is 0 Å². The number of carbonyl (C=O) groups excluding carboxylic acids is 3. The zero-order valence-electron chi connectivity index (χ0n) is 27.8. The fraction of sp³-hybridized carbons (Fsp3) is 0.441. The number of ether oxygens (including phenoxy) is 2. The van der Waals surface area contributed by atoms with Gasteiger partial charge in [0.05, 0.1) is 23.5 Å². The Morgan fingerprint density at radius 2 is 1.85 bits per heavy atom. The van der Waals surface area contributed by atoms with Gasteiger partial charge in [-0.15, -0.1) is 0 Å². The summed E-state index contributed by atoms with van der Waals surface area (Å²) >= 11 is 0. The van der Waals surface area contributed by atoms with Crippen LogP contribution < -0.4 is 15.4 Å². The summed E-state index contributed by atoms with van der Waals surface area (Å²) in [4.78, 5) is 51.1. The number of aliphatic imine (C=N–C) groups is 1. The summed E-state index contributed by atoms with van der Waals surface area (Å²) < 4.78 is 41.9. The lowest BCUT2D eigenvalue weighted by atomic mass is 9.96. The van der Waals surface area contributed by atoms with Crippen LogP contribution in [0.5, 0.6) is 5.75 Å². The van der Waals surface area contributed by atoms with Crippen molar-refractivity contribution in [3.8, 4) is 17.0 Å². The lowest BCUT2D eigenvalue weighted by molar-refractivity contribution is -0.135. The van der Waals surface area contributed by atoms with Gasteiger partial charge in [0.1, 0.15) is 6.61 Å². The van der Waals surface area contributed by atoms with Crippen molar-refractivity contribution >= 4 is 29.6 Å². The molecular weight excluding hydrogens is 624 g/mol. The average Bonchev–Trinajstić information content (AvgIpc) is 3.71. The molecule has 2 aromatic carbocycles. The van der Waals surface area contributed by atoms with Crippen molar-refractivity contribution in [1.82, 2.24) is 24.7 Å². The predicted molar refractivity (Wildman–Crippen MR) is 177 cm³/mol. The Labute approximate surface area is 278 Å². The van der Waals surface area contributed by atoms with Crippen molar-refractivity contribution in [2.75, 3.05) is 58.8 Å². The molecule has 2 aliphatic rings. The maximum atomic E-state index is 15.0. The highest BCUT2D eigenvalue weighted by Gasteiger charge is 2.42. The fourth-order valence-corrected chi connectivity index (χ4v) is 6.17. The number of carbonyl (C=O) groups is 3. The van der Waals surface area contributed by atoms with Gasteiger partial charge >= 0.3 is 0 Å². The third-order valence-corrected chi connectivity index (χ3v) is 9.23. The zero-order chi connectivity index (χ0) is 34.6. The molecule has 3 heterocycles. The normalized spacial score (nSPS) is 19.6. The van der Waals surface area contributed by atoms with Gasteiger partial charge in [0.2, 0.25) is 11.7 Å². The first kappa shape index (κ1) is 34.6. The third kappa shape index (κ3) is 6.95. The van der Waals surface area contributed by atoms with E-state index in [0.717, 1.165) is 6.42 Å². The summed E-state index contributed by atoms with van der Waals surface area (Å²) in [6, 6.07) is 7.34. The largest absolute Gasteiger partial charge is 0.485 e. The van der Waals surface area contributed by atoms with Crippen LogP contribution in [0.1, 0.15) is 46.3 Å². The summed E-state index contributed by atoms with van der Waals surface area (Å²) in [6.45, 7) is 6.16. The number of methoxy groups -OCH3 is 1. The van der Waals surface area contributed by atoms with Crippen molar-refractivity contribution in [2.24, 2.45) is 12.0 Å². The molecule has 5 rings (SSSR count). The van der Waals surface area contributed by atoms with E-state index in [1.165, 1.54) is 36.2 Å². The van der Waals surface area contributed by atoms with E-state index in [4.69, 9.17) is 9.47 Å². The second kappa shape index (κ2) is 14.6. The number of imidazole rings is 1. The molecular formula is C34H41F2N7O5. The van der Waals surface area contributed by atoms with Crippen molar-refractivity contribution < 1.29 is 32.6 Å². The first-order chi connectivity index (χ1) is 23.0. The fourth-order valence-electron chi connectivity index (χ4n) is 6.17. The van der Waals surface area contributed by atoms with Gasteiger partial charge in [0.25, 0.3) is 11.8 Å². The SMILES string of the molecule is CC[C@@]1(OC)CN[C@H](C(=O)N2CCN(C(=O)c3ccc(NC(=O)c4ncc(-c5ccc(OCC=NC)c(F)c5F)n4C)cc3C)CC2)C1. The molecule has 2 N–H and O–H groups in total. The Balaban J connectivity index is 1.19. The molecule has 256 valence electrons. The van der Waals surface area contributed by atoms with E-state index in [-0.39, 0.29) is 52.9 Å². The van der Waals surface area contributed by atoms with E-state index in [1.807, 2.05) is 0 Å². The summed E-state index contributed by atoms with van der Waals surface area (Å²) in [7, 11) is 4.75. The van der Waals surface area contributed by atoms with Gasteiger partial charge in [0, 0.05) is 83.4 Å². The third-order valence-electron chi connectivity index (χ3n) is 9.23. The Kier molecular flexibility index (Phi) is 10.5. The molecule has 2 aliphatic heterocycles. The van der Waals surface area contributed by atoms with Crippen LogP contribution in [0.4, 0.5) is 14.5 Å². The summed E-state index contributed by atoms with van der Waals surface area (Å²) in [6.07, 6.45) is 4.16. The second-order valence-electron chi connectivity index (χ2n) is 12.0. The molecule has 0 spiro atoms. The lowest BCUT2D eigenvalue weighted by Crippen LogP contribution is -2.54. The van der Waals surface area contributed by atoms with E-state index in [1.54, 1.807) is 49.1 Å². The minimum Gasteiger partial charge on any atom is -0.485 e. The topological polar surface area (TPSA) is 130 Å². The number of aryl methyl sites for hydroxylation is 1. The number of halogens is 2. The maximum Gasteiger partial charge on any atom is 0.291 e. The second-order valence-corrected chi connectivity index (χ2v) is 12.0. The Morgan fingerprint density at radius 3 is 2.50 bits per heavy atom. The van der Waals surface area contributed by atoms with Crippen LogP contribution in [-0.4, -0.2) is 108 Å². The molecule has 3 aromatic rings. The monoisotopic (exact) mass is 665 g/mol. The number of piperazine rings is 1. The van der Waals surface area contributed by atoms with Gasteiger partial charge in [-0.1, -0.05) is 6.92 Å². The number of rotatable bonds is 10. The quantitative estimate of drug-likeness (QED) is 0.318. The molecule has 2 saturated heterocycles. The number of nitrogens with one attached hydrogen (secondary N) is 2. The molecule has 3 amide bonds. The van der Waals surface area contributed by atoms with Crippen molar-refractivity contribution in [2.45, 2.75) is 38.3 Å². The van der Waals surface area contributed by atoms with E-state index < -0.39 is 17.5 Å². The highest BCUT2D eigenvalue weighted by Crippen LogP contribution is 2.31. The maximum absolute atomic E-state index is 15.0. The van der Waals surface area contributed by atoms with Crippen LogP contribution >= 0.6 is 0 Å². The van der Waals surface area contributed by atoms with Crippen molar-refractivity contribution in [3.63, 3.8) is 0 Å². The van der Waals surface area contributed by atoms with E-state index in [2.05, 4.69) is 27.5 Å². The number of aromatic nitrogens is 2. The molecule has 2 atom stereocenters. The van der Waals surface area contributed by atoms with Gasteiger partial charge in [0.15, 0.2) is 17.4 Å². The number of anilines is 1. The van der Waals surface area contributed by atoms with Crippen molar-refractivity contribution in [3.05, 3.63) is 65.1 Å². The van der Waals surface area contributed by atoms with Crippen LogP contribution in [0.3, 0.4) is 0 Å². The first-order valence-corrected chi connectivity index (χ1v) is 15.8. The first-order valence-electron chi connectivity index (χ1n) is 15.8. The molecule has 0 radical (unpaired) electrons. The molecule has 0 bridgehead atoms. The minimum atomic E-state index is -1.16. The molecule has 1 aromatic heterocycles. The minimum absolute atomic E-state index is 0.00975. The van der Waals surface area contributed by atoms with Crippen molar-refractivity contribution in [1.29, 1.82) is 0 Å². The van der Waals surface area contributed by atoms with Crippen LogP contribution in [-0.2, 0) is 16.6 Å². The molecule has 12 nitrogen and oxygen atoms in total. The van der Waals surface area contributed by atoms with E-state index >= 15 is 0 Å². The van der Waals surface area contributed by atoms with Gasteiger partial charge in [-0.25, -0.2) is 9.37 Å². The van der Waals surface area contributed by atoms with Gasteiger partial charge in [-0.2, -0.15) is 4.39 Å². The lowest BCUT2D eigenvalue weighted by Gasteiger charge is -2.36. The molecule has 14 heteroatoms. The molecule has 0 saturated carbocycles. The molecule has 0 unspecified atom stereocenters. The number of amides is 3. The predicted octanol–water partition coefficient (Wildman–Crippen LogP) is 3.45. The molecule has 0 aliphatic carbocycles. The summed E-state index contributed by atoms with van der Waals surface area (Å²) in [5.41, 5.74) is 1.38. The number of hydrogen-bond acceptors (Lipinski definition) is 8. The molecule has 48 heavy (non-hydrogen) atoms. The van der Waals surface area contributed by atoms with Crippen LogP contribution in [0, 0.1) is 18.6 Å². The standard InChI is InChI=1S/C34H41F2N7O5/c1-6-34(47-5)18-25(39-20-34)33(46)43-14-12-42(13-15-43)32(45)23-8-7-22(17-21(23)2)40-31(44)30-38-19-26(41(30)4)24-9-10-27(29(36)28(24)35)48-16-11-37-3/h7-11,17,19,25,39H,6,12-16,18,20H2,1-5H3,(H,40,44)/t25-,34-/m0/s1. The highest BCUT2D eigenvalue weighted by molar-refractivity contribution is 6.03. The Hall–Kier alpha value is -4.69. The summed E-state index contributed by atoms with van der Waals surface area (Å²) in [5.74, 6) is -3.25. The van der Waals surface area contributed by atoms with Gasteiger partial charge in [-0.05, 0) is 49.2 Å². The zero-order valence-corrected chi connectivity index (χ0v) is 27.8. The highest BCUT2D eigenvalue weighted by atomic mass is 19.2. The summed E-state index contributed by atoms with van der Waals surface area (Å²) in [5, 5.41) is 6.07. The Morgan fingerprint density at radius 1 is 1.12 bits per heavy atom. The number of benzene rings is 2. The molecule has 2 fully saturated rings.